The molecule has 0 aromatic heterocycles. The van der Waals surface area contributed by atoms with Crippen molar-refractivity contribution in [3.8, 4) is 0 Å². The number of hydrogen-bond donors (Lipinski definition) is 1. The Labute approximate surface area is 40.9 Å². The van der Waals surface area contributed by atoms with Crippen LogP contribution in [0.4, 0.5) is 0 Å². The molecule has 1 radical (unpaired) electrons. The maximum Gasteiger partial charge on any atom is 3.00 e. The molecule has 0 spiro atoms. The molecule has 0 bridgehead atoms. The van der Waals surface area contributed by atoms with E-state index in [1.807, 2.05) is 0 Å². The quantitative estimate of drug-likeness (QED) is 0.418. The number of hydrogen-bond acceptors (Lipinski definition) is 1. The van der Waals surface area contributed by atoms with E-state index in [1.54, 1.807) is 6.92 Å². The predicted molar refractivity (Wildman–Crippen MR) is 12.8 cm³/mol. The van der Waals surface area contributed by atoms with Gasteiger partial charge < -0.3 is 5.11 Å². The molecule has 0 aromatic rings. The van der Waals surface area contributed by atoms with Crippen LogP contribution in [0.5, 0.6) is 0 Å². The molecule has 0 saturated carbocycles. The zero-order valence-electron chi connectivity index (χ0n) is 2.65. The fraction of sp³-hybridized carbons (Fsp3) is 1.00. The normalized spacial score (nSPS) is 4.50. The van der Waals surface area contributed by atoms with Crippen molar-refractivity contribution in [1.82, 2.24) is 0 Å². The van der Waals surface area contributed by atoms with E-state index < -0.39 is 0 Å². The minimum Gasteiger partial charge on any atom is -0.397 e. The van der Waals surface area contributed by atoms with E-state index in [4.69, 9.17) is 5.11 Å². The Morgan fingerprint density at radius 2 is 1.75 bits per heavy atom. The van der Waals surface area contributed by atoms with Gasteiger partial charge in [0.25, 0.3) is 0 Å². The molecule has 21 valence electrons. The summed E-state index contributed by atoms with van der Waals surface area (Å²) in [5, 5.41) is 7.57. The molecule has 1 N–H and O–H groups in total. The van der Waals surface area contributed by atoms with Crippen molar-refractivity contribution >= 4 is 0 Å². The molecule has 0 rings (SSSR count). The first-order chi connectivity index (χ1) is 1.41. The molecule has 4 heavy (non-hydrogen) atoms. The van der Waals surface area contributed by atoms with E-state index in [0.717, 1.165) is 0 Å². The Morgan fingerprint density at radius 1 is 1.75 bits per heavy atom. The van der Waals surface area contributed by atoms with Crippen LogP contribution >= 0.6 is 0 Å². The molecule has 0 heterocycles. The average Bonchev–Trinajstić information content (AvgIpc) is 0.918. The van der Waals surface area contributed by atoms with E-state index in [-0.39, 0.29) is 28.3 Å². The molecular formula is C2H6OTi+3. The first-order valence-electron chi connectivity index (χ1n) is 1.02. The molecule has 0 aliphatic carbocycles. The van der Waals surface area contributed by atoms with Gasteiger partial charge in [0.1, 0.15) is 0 Å². The van der Waals surface area contributed by atoms with Gasteiger partial charge in [0.05, 0.1) is 0 Å². The van der Waals surface area contributed by atoms with Crippen LogP contribution < -0.4 is 0 Å². The fourth-order valence-corrected chi connectivity index (χ4v) is 0. The van der Waals surface area contributed by atoms with Crippen LogP contribution in [0.15, 0.2) is 0 Å². The summed E-state index contributed by atoms with van der Waals surface area (Å²) < 4.78 is 0. The van der Waals surface area contributed by atoms with Crippen LogP contribution in [0.1, 0.15) is 6.92 Å². The van der Waals surface area contributed by atoms with Crippen molar-refractivity contribution in [1.29, 1.82) is 0 Å². The third-order valence-electron chi connectivity index (χ3n) is 0. The molecule has 1 nitrogen and oxygen atoms in total. The second kappa shape index (κ2) is 9.37. The van der Waals surface area contributed by atoms with Gasteiger partial charge in [-0.25, -0.2) is 0 Å². The zero-order valence-corrected chi connectivity index (χ0v) is 4.22. The molecule has 0 atom stereocenters. The molecule has 0 fully saturated rings. The summed E-state index contributed by atoms with van der Waals surface area (Å²) in [6, 6.07) is 0. The summed E-state index contributed by atoms with van der Waals surface area (Å²) >= 11 is 0. The van der Waals surface area contributed by atoms with Crippen molar-refractivity contribution in [2.45, 2.75) is 6.92 Å². The Bertz CT molecular complexity index is 6.00. The monoisotopic (exact) mass is 94.0 g/mol. The van der Waals surface area contributed by atoms with E-state index in [0.29, 0.717) is 0 Å². The summed E-state index contributed by atoms with van der Waals surface area (Å²) in [4.78, 5) is 0. The van der Waals surface area contributed by atoms with Crippen LogP contribution in [0.25, 0.3) is 0 Å². The molecule has 0 aliphatic heterocycles. The van der Waals surface area contributed by atoms with E-state index in [1.165, 1.54) is 0 Å². The molecule has 0 aliphatic rings. The Balaban J connectivity index is 0. The second-order valence-electron chi connectivity index (χ2n) is 0.316. The van der Waals surface area contributed by atoms with Gasteiger partial charge in [0.15, 0.2) is 0 Å². The fourth-order valence-electron chi connectivity index (χ4n) is 0. The van der Waals surface area contributed by atoms with Crippen LogP contribution in [-0.2, 0) is 21.7 Å². The van der Waals surface area contributed by atoms with Crippen molar-refractivity contribution < 1.29 is 26.8 Å². The molecule has 0 aromatic carbocycles. The Kier molecular flexibility index (Phi) is 20.7. The molecule has 0 unspecified atom stereocenters. The van der Waals surface area contributed by atoms with Crippen LogP contribution in [0, 0.1) is 0 Å². The summed E-state index contributed by atoms with van der Waals surface area (Å²) in [6.07, 6.45) is 0. The van der Waals surface area contributed by atoms with Crippen molar-refractivity contribution in [2.24, 2.45) is 0 Å². The predicted octanol–water partition coefficient (Wildman–Crippen LogP) is -0.00390. The van der Waals surface area contributed by atoms with Crippen LogP contribution in [-0.4, -0.2) is 11.7 Å². The van der Waals surface area contributed by atoms with Crippen molar-refractivity contribution in [3.63, 3.8) is 0 Å². The first-order valence-corrected chi connectivity index (χ1v) is 1.02. The Morgan fingerprint density at radius 3 is 1.75 bits per heavy atom. The molecule has 0 amide bonds. The molecule has 2 heteroatoms. The second-order valence-corrected chi connectivity index (χ2v) is 0.316. The van der Waals surface area contributed by atoms with E-state index in [2.05, 4.69) is 0 Å². The van der Waals surface area contributed by atoms with Gasteiger partial charge in [-0.1, -0.05) is 0 Å². The smallest absolute Gasteiger partial charge is 0.397 e. The number of aliphatic hydroxyl groups is 1. The third-order valence-corrected chi connectivity index (χ3v) is 0. The Hall–Kier alpha value is 0.674. The van der Waals surface area contributed by atoms with Crippen molar-refractivity contribution in [3.05, 3.63) is 0 Å². The first kappa shape index (κ1) is 8.82. The SMILES string of the molecule is CCO.[Ti+3]. The summed E-state index contributed by atoms with van der Waals surface area (Å²) in [5.74, 6) is 0. The van der Waals surface area contributed by atoms with Crippen LogP contribution in [0.2, 0.25) is 0 Å². The summed E-state index contributed by atoms with van der Waals surface area (Å²) in [5.41, 5.74) is 0. The largest absolute Gasteiger partial charge is 3.00 e. The van der Waals surface area contributed by atoms with E-state index in [9.17, 15) is 0 Å². The van der Waals surface area contributed by atoms with Gasteiger partial charge in [-0.3, -0.25) is 0 Å². The maximum absolute atomic E-state index is 7.57. The topological polar surface area (TPSA) is 20.2 Å². The van der Waals surface area contributed by atoms with E-state index >= 15 is 0 Å². The molecular weight excluding hydrogens is 87.9 g/mol. The van der Waals surface area contributed by atoms with Crippen LogP contribution in [0.3, 0.4) is 0 Å². The maximum atomic E-state index is 7.57. The number of aliphatic hydroxyl groups excluding tert-OH is 1. The standard InChI is InChI=1S/C2H6O.Ti/c1-2-3;/h3H,2H2,1H3;/q;+3. The minimum atomic E-state index is 0. The van der Waals surface area contributed by atoms with Gasteiger partial charge in [-0.15, -0.1) is 0 Å². The van der Waals surface area contributed by atoms with Gasteiger partial charge in [0, 0.05) is 6.61 Å². The zero-order chi connectivity index (χ0) is 2.71. The van der Waals surface area contributed by atoms with Crippen molar-refractivity contribution in [2.75, 3.05) is 6.61 Å². The minimum absolute atomic E-state index is 0. The summed E-state index contributed by atoms with van der Waals surface area (Å²) in [7, 11) is 0. The third kappa shape index (κ3) is 16.5. The van der Waals surface area contributed by atoms with Gasteiger partial charge in [-0.2, -0.15) is 0 Å². The van der Waals surface area contributed by atoms with Gasteiger partial charge in [-0.05, 0) is 6.92 Å². The van der Waals surface area contributed by atoms with Gasteiger partial charge >= 0.3 is 21.7 Å². The number of rotatable bonds is 0. The molecule has 0 saturated heterocycles. The summed E-state index contributed by atoms with van der Waals surface area (Å²) in [6.45, 7) is 1.93. The van der Waals surface area contributed by atoms with Gasteiger partial charge in [0.2, 0.25) is 0 Å². The average molecular weight is 93.9 g/mol.